The number of carbonyl (C=O) groups excluding carboxylic acids is 2. The van der Waals surface area contributed by atoms with Crippen LogP contribution < -0.4 is 15.5 Å². The number of aliphatic hydroxyl groups excluding tert-OH is 2. The van der Waals surface area contributed by atoms with Gasteiger partial charge < -0.3 is 45.1 Å². The normalized spacial score (nSPS) is 23.8. The highest BCUT2D eigenvalue weighted by molar-refractivity contribution is 5.85. The van der Waals surface area contributed by atoms with Gasteiger partial charge in [0.25, 0.3) is 0 Å². The Labute approximate surface area is 268 Å². The first-order chi connectivity index (χ1) is 22.3. The molecule has 1 aliphatic carbocycles. The van der Waals surface area contributed by atoms with Crippen LogP contribution in [-0.4, -0.2) is 122 Å². The van der Waals surface area contributed by atoms with Crippen LogP contribution in [-0.2, 0) is 20.7 Å². The Morgan fingerprint density at radius 3 is 2.53 bits per heavy atom. The van der Waals surface area contributed by atoms with Crippen LogP contribution >= 0.6 is 0 Å². The lowest BCUT2D eigenvalue weighted by Gasteiger charge is -2.25. The first-order valence-electron chi connectivity index (χ1n) is 15.4. The van der Waals surface area contributed by atoms with Crippen LogP contribution in [0.1, 0.15) is 37.8 Å². The van der Waals surface area contributed by atoms with E-state index in [9.17, 15) is 38.1 Å². The maximum Gasteiger partial charge on any atom is 0.490 e. The van der Waals surface area contributed by atoms with Gasteiger partial charge in [0.2, 0.25) is 11.9 Å². The van der Waals surface area contributed by atoms with E-state index in [0.29, 0.717) is 25.5 Å². The summed E-state index contributed by atoms with van der Waals surface area (Å²) in [5.41, 5.74) is 1.26. The second-order valence-electron chi connectivity index (χ2n) is 12.1. The molecule has 1 saturated heterocycles. The van der Waals surface area contributed by atoms with Crippen molar-refractivity contribution in [3.8, 4) is 5.75 Å². The van der Waals surface area contributed by atoms with Crippen LogP contribution in [0.25, 0.3) is 11.2 Å². The number of hydrogen-bond acceptors (Lipinski definition) is 12. The number of anilines is 2. The van der Waals surface area contributed by atoms with Gasteiger partial charge in [-0.1, -0.05) is 19.1 Å². The second kappa shape index (κ2) is 13.9. The number of ether oxygens (including phenoxy) is 1. The highest BCUT2D eigenvalue weighted by Crippen LogP contribution is 2.38. The second-order valence-corrected chi connectivity index (χ2v) is 12.1. The summed E-state index contributed by atoms with van der Waals surface area (Å²) in [6, 6.07) is 4.09. The summed E-state index contributed by atoms with van der Waals surface area (Å²) in [5.74, 6) is -2.23. The zero-order valence-corrected chi connectivity index (χ0v) is 26.2. The number of carbonyl (C=O) groups is 2. The first kappa shape index (κ1) is 34.1. The van der Waals surface area contributed by atoms with Gasteiger partial charge in [-0.25, -0.2) is 9.78 Å². The number of imidazole rings is 1. The molecule has 6 atom stereocenters. The number of hydrogen-bond donors (Lipinski definition) is 5. The van der Waals surface area contributed by atoms with Gasteiger partial charge in [-0.15, -0.1) is 0 Å². The van der Waals surface area contributed by atoms with E-state index in [4.69, 9.17) is 14.7 Å². The summed E-state index contributed by atoms with van der Waals surface area (Å²) in [7, 11) is 3.94. The van der Waals surface area contributed by atoms with Crippen LogP contribution in [0.2, 0.25) is 0 Å². The SMILES string of the molecule is CCC(=O)N[C@H]1C[C@@H](n2cnc3c(N[C@H](CO)Cc4ccc(O)cc4)nc(N4CC[C@@H](N(C)C)C4)nc32)[C@H](OC(=O)C(F)(F)F)[C@@H]1O. The van der Waals surface area contributed by atoms with Gasteiger partial charge in [0, 0.05) is 25.6 Å². The fourth-order valence-corrected chi connectivity index (χ4v) is 6.06. The van der Waals surface area contributed by atoms with E-state index in [-0.39, 0.29) is 48.2 Å². The smallest absolute Gasteiger partial charge is 0.490 e. The van der Waals surface area contributed by atoms with Crippen molar-refractivity contribution >= 4 is 34.8 Å². The van der Waals surface area contributed by atoms with Crippen LogP contribution in [0, 0.1) is 0 Å². The molecule has 1 aliphatic heterocycles. The standard InChI is InChI=1S/C30H39F3N8O6/c1-4-22(44)36-20-12-21(25(24(20)45)47-28(46)30(31,32)33)41-15-34-23-26(35-17(14-42)11-16-5-7-19(43)8-6-16)37-29(38-27(23)41)40-10-9-18(13-40)39(2)3/h5-8,15,17-18,20-21,24-25,42-43,45H,4,9-14H2,1-3H3,(H,36,44)(H,35,37,38)/t17-,18+,20-,21+,24+,25-/m0/s1. The number of rotatable bonds is 11. The van der Waals surface area contributed by atoms with Crippen molar-refractivity contribution in [3.05, 3.63) is 36.2 Å². The van der Waals surface area contributed by atoms with Crippen LogP contribution in [0.4, 0.5) is 24.9 Å². The third-order valence-electron chi connectivity index (χ3n) is 8.69. The number of esters is 1. The van der Waals surface area contributed by atoms with Crippen LogP contribution in [0.3, 0.4) is 0 Å². The van der Waals surface area contributed by atoms with Crippen molar-refractivity contribution < 1.29 is 42.8 Å². The molecule has 0 unspecified atom stereocenters. The number of halogens is 3. The minimum atomic E-state index is -5.31. The van der Waals surface area contributed by atoms with E-state index in [1.165, 1.54) is 23.0 Å². The maximum atomic E-state index is 13.3. The van der Waals surface area contributed by atoms with Crippen molar-refractivity contribution in [2.45, 2.75) is 75.2 Å². The van der Waals surface area contributed by atoms with Crippen molar-refractivity contribution in [2.24, 2.45) is 0 Å². The minimum Gasteiger partial charge on any atom is -0.508 e. The molecule has 17 heteroatoms. The molecule has 5 rings (SSSR count). The van der Waals surface area contributed by atoms with Gasteiger partial charge in [-0.3, -0.25) is 4.79 Å². The summed E-state index contributed by atoms with van der Waals surface area (Å²) in [6.07, 6.45) is -6.15. The number of phenols is 1. The number of phenolic OH excluding ortho intramolecular Hbond substituents is 1. The fraction of sp³-hybridized carbons (Fsp3) is 0.567. The maximum absolute atomic E-state index is 13.3. The Morgan fingerprint density at radius 1 is 1.19 bits per heavy atom. The van der Waals surface area contributed by atoms with E-state index in [0.717, 1.165) is 12.0 Å². The number of aliphatic hydroxyl groups is 2. The van der Waals surface area contributed by atoms with Crippen molar-refractivity contribution in [1.29, 1.82) is 0 Å². The Kier molecular flexibility index (Phi) is 10.1. The lowest BCUT2D eigenvalue weighted by Crippen LogP contribution is -2.45. The summed E-state index contributed by atoms with van der Waals surface area (Å²) in [4.78, 5) is 42.2. The molecule has 0 bridgehead atoms. The van der Waals surface area contributed by atoms with Crippen molar-refractivity contribution in [3.63, 3.8) is 0 Å². The molecule has 1 saturated carbocycles. The van der Waals surface area contributed by atoms with E-state index >= 15 is 0 Å². The number of benzene rings is 1. The van der Waals surface area contributed by atoms with E-state index in [1.807, 2.05) is 19.0 Å². The lowest BCUT2D eigenvalue weighted by molar-refractivity contribution is -0.209. The lowest BCUT2D eigenvalue weighted by atomic mass is 10.1. The number of aromatic nitrogens is 4. The minimum absolute atomic E-state index is 0.0699. The summed E-state index contributed by atoms with van der Waals surface area (Å²) in [6.45, 7) is 2.52. The van der Waals surface area contributed by atoms with E-state index in [2.05, 4.69) is 20.5 Å². The third-order valence-corrected chi connectivity index (χ3v) is 8.69. The topological polar surface area (TPSA) is 178 Å². The highest BCUT2D eigenvalue weighted by Gasteiger charge is 2.51. The molecule has 2 aromatic heterocycles. The molecule has 0 radical (unpaired) electrons. The summed E-state index contributed by atoms with van der Waals surface area (Å²) >= 11 is 0. The Hall–Kier alpha value is -4.22. The predicted molar refractivity (Wildman–Crippen MR) is 164 cm³/mol. The van der Waals surface area contributed by atoms with Gasteiger partial charge in [0.1, 0.15) is 11.9 Å². The van der Waals surface area contributed by atoms with Gasteiger partial charge in [0.05, 0.1) is 31.1 Å². The Morgan fingerprint density at radius 2 is 1.91 bits per heavy atom. The number of nitrogens with one attached hydrogen (secondary N) is 2. The summed E-state index contributed by atoms with van der Waals surface area (Å²) < 4.78 is 46.2. The Balaban J connectivity index is 1.56. The molecule has 5 N–H and O–H groups in total. The molecule has 3 heterocycles. The highest BCUT2D eigenvalue weighted by atomic mass is 19.4. The third kappa shape index (κ3) is 7.52. The zero-order chi connectivity index (χ0) is 34.0. The number of likely N-dealkylation sites (N-methyl/N-ethyl adjacent to an activating group) is 1. The van der Waals surface area contributed by atoms with Crippen molar-refractivity contribution in [1.82, 2.24) is 29.7 Å². The van der Waals surface area contributed by atoms with Gasteiger partial charge in [0.15, 0.2) is 23.1 Å². The molecule has 256 valence electrons. The molecule has 0 spiro atoms. The predicted octanol–water partition coefficient (Wildman–Crippen LogP) is 1.36. The van der Waals surface area contributed by atoms with Crippen LogP contribution in [0.15, 0.2) is 30.6 Å². The fourth-order valence-electron chi connectivity index (χ4n) is 6.06. The number of fused-ring (bicyclic) bond motifs is 1. The van der Waals surface area contributed by atoms with E-state index in [1.54, 1.807) is 19.1 Å². The quantitative estimate of drug-likeness (QED) is 0.186. The van der Waals surface area contributed by atoms with Crippen molar-refractivity contribution in [2.75, 3.05) is 44.0 Å². The largest absolute Gasteiger partial charge is 0.508 e. The van der Waals surface area contributed by atoms with Gasteiger partial charge in [-0.2, -0.15) is 23.1 Å². The number of amides is 1. The van der Waals surface area contributed by atoms with E-state index < -0.39 is 48.4 Å². The number of aromatic hydroxyl groups is 1. The molecule has 47 heavy (non-hydrogen) atoms. The first-order valence-corrected chi connectivity index (χ1v) is 15.4. The molecule has 1 amide bonds. The molecule has 1 aromatic carbocycles. The Bertz CT molecular complexity index is 1570. The number of alkyl halides is 3. The number of nitrogens with zero attached hydrogens (tertiary/aromatic N) is 6. The average Bonchev–Trinajstić information content (AvgIpc) is 3.76. The van der Waals surface area contributed by atoms with Gasteiger partial charge in [-0.05, 0) is 51.1 Å². The molecule has 3 aromatic rings. The molecular weight excluding hydrogens is 625 g/mol. The summed E-state index contributed by atoms with van der Waals surface area (Å²) in [5, 5.41) is 36.8. The van der Waals surface area contributed by atoms with Gasteiger partial charge >= 0.3 is 12.1 Å². The van der Waals surface area contributed by atoms with Crippen LogP contribution in [0.5, 0.6) is 5.75 Å². The zero-order valence-electron chi connectivity index (χ0n) is 26.2. The molecule has 2 aliphatic rings. The molecular formula is C30H39F3N8O6. The average molecular weight is 665 g/mol. The molecule has 2 fully saturated rings. The monoisotopic (exact) mass is 664 g/mol. The molecule has 14 nitrogen and oxygen atoms in total.